The highest BCUT2D eigenvalue weighted by molar-refractivity contribution is 8.00. The fourth-order valence-corrected chi connectivity index (χ4v) is 5.84. The van der Waals surface area contributed by atoms with E-state index in [0.29, 0.717) is 6.42 Å². The minimum atomic E-state index is -0.852. The molecule has 3 aromatic rings. The molecule has 1 aliphatic rings. The quantitative estimate of drug-likeness (QED) is 0.132. The van der Waals surface area contributed by atoms with Gasteiger partial charge < -0.3 is 20.1 Å². The number of nitrogens with one attached hydrogen (secondary N) is 3. The number of aromatic nitrogens is 1. The first-order chi connectivity index (χ1) is 18.6. The minimum Gasteiger partial charge on any atom is -0.494 e. The zero-order valence-electron chi connectivity index (χ0n) is 22.4. The Hall–Kier alpha value is -2.74. The van der Waals surface area contributed by atoms with Crippen LogP contribution in [0.3, 0.4) is 0 Å². The van der Waals surface area contributed by atoms with Gasteiger partial charge in [0.15, 0.2) is 0 Å². The summed E-state index contributed by atoms with van der Waals surface area (Å²) < 4.78 is 9.05. The lowest BCUT2D eigenvalue weighted by Gasteiger charge is -2.22. The maximum Gasteiger partial charge on any atom is 0.321 e. The smallest absolute Gasteiger partial charge is 0.321 e. The van der Waals surface area contributed by atoms with E-state index in [1.165, 1.54) is 54.2 Å². The molecule has 4 N–H and O–H groups in total. The molecule has 2 heterocycles. The van der Waals surface area contributed by atoms with Crippen molar-refractivity contribution >= 4 is 28.8 Å². The third-order valence-electron chi connectivity index (χ3n) is 7.38. The summed E-state index contributed by atoms with van der Waals surface area (Å²) in [7, 11) is 0. The molecule has 4 rings (SSSR count). The molecule has 0 bridgehead atoms. The number of hydrogen-bond donors (Lipinski definition) is 4. The molecule has 1 saturated heterocycles. The van der Waals surface area contributed by atoms with Gasteiger partial charge in [0, 0.05) is 17.1 Å². The third kappa shape index (κ3) is 8.65. The molecule has 38 heavy (non-hydrogen) atoms. The van der Waals surface area contributed by atoms with Gasteiger partial charge in [0.1, 0.15) is 11.8 Å². The molecule has 1 aliphatic heterocycles. The Morgan fingerprint density at radius 3 is 2.71 bits per heavy atom. The number of rotatable bonds is 15. The van der Waals surface area contributed by atoms with Crippen LogP contribution in [0.4, 0.5) is 0 Å². The first-order valence-corrected chi connectivity index (χ1v) is 14.8. The summed E-state index contributed by atoms with van der Waals surface area (Å²) in [5.41, 5.74) is 4.63. The molecule has 1 aromatic heterocycles. The van der Waals surface area contributed by atoms with Gasteiger partial charge in [-0.05, 0) is 98.7 Å². The molecule has 1 unspecified atom stereocenters. The van der Waals surface area contributed by atoms with Gasteiger partial charge in [-0.2, -0.15) is 0 Å². The van der Waals surface area contributed by atoms with Crippen molar-refractivity contribution in [3.05, 3.63) is 76.8 Å². The van der Waals surface area contributed by atoms with Crippen molar-refractivity contribution in [2.24, 2.45) is 5.92 Å². The van der Waals surface area contributed by atoms with Gasteiger partial charge in [0.2, 0.25) is 0 Å². The Morgan fingerprint density at radius 1 is 1.16 bits per heavy atom. The van der Waals surface area contributed by atoms with Crippen LogP contribution in [-0.4, -0.2) is 41.8 Å². The number of carboxylic acids is 1. The Kier molecular flexibility index (Phi) is 11.2. The van der Waals surface area contributed by atoms with Gasteiger partial charge >= 0.3 is 5.97 Å². The highest BCUT2D eigenvalue weighted by Crippen LogP contribution is 2.23. The molecule has 7 heteroatoms. The van der Waals surface area contributed by atoms with Crippen LogP contribution in [0.25, 0.3) is 10.9 Å². The average molecular weight is 536 g/mol. The molecule has 0 radical (unpaired) electrons. The third-order valence-corrected chi connectivity index (χ3v) is 8.25. The van der Waals surface area contributed by atoms with Crippen molar-refractivity contribution in [3.8, 4) is 5.75 Å². The van der Waals surface area contributed by atoms with Gasteiger partial charge in [-0.25, -0.2) is 4.72 Å². The maximum atomic E-state index is 11.9. The summed E-state index contributed by atoms with van der Waals surface area (Å²) in [6.45, 7) is 5.18. The number of aliphatic carboxylic acids is 1. The molecule has 0 amide bonds. The number of fused-ring (bicyclic) bond motifs is 1. The highest BCUT2D eigenvalue weighted by Gasteiger charge is 2.18. The van der Waals surface area contributed by atoms with Gasteiger partial charge in [-0.1, -0.05) is 61.2 Å². The minimum absolute atomic E-state index is 0.413. The second kappa shape index (κ2) is 15.0. The fraction of sp³-hybridized carbons (Fsp3) is 0.452. The van der Waals surface area contributed by atoms with Crippen LogP contribution in [0.2, 0.25) is 0 Å². The zero-order valence-corrected chi connectivity index (χ0v) is 23.2. The molecule has 0 saturated carbocycles. The number of carbonyl (C=O) groups is 1. The Labute approximate surface area is 230 Å². The molecule has 0 spiro atoms. The lowest BCUT2D eigenvalue weighted by atomic mass is 9.93. The maximum absolute atomic E-state index is 11.9. The number of hydrogen-bond acceptors (Lipinski definition) is 5. The number of carboxylic acid groups (broad SMARTS) is 1. The second-order valence-electron chi connectivity index (χ2n) is 10.2. The van der Waals surface area contributed by atoms with Crippen LogP contribution in [0.15, 0.2) is 65.7 Å². The molecule has 204 valence electrons. The fourth-order valence-electron chi connectivity index (χ4n) is 5.00. The second-order valence-corrected chi connectivity index (χ2v) is 10.9. The standard InChI is InChI=1S/C31H41N3O3S/c1-2-23(19-26-21-33-29-9-4-3-8-28(26)29)22-38-34-30(31(35)36)20-25-10-12-27(13-11-25)37-18-6-5-7-24-14-16-32-17-15-24/h3-4,8-13,21-22,24,30,32-34H,2,5-7,14-20H2,1H3,(H,35,36)/b23-22-. The summed E-state index contributed by atoms with van der Waals surface area (Å²) in [5.74, 6) is 0.861. The number of benzene rings is 2. The van der Waals surface area contributed by atoms with E-state index < -0.39 is 12.0 Å². The number of piperidine rings is 1. The van der Waals surface area contributed by atoms with E-state index in [2.05, 4.69) is 51.8 Å². The van der Waals surface area contributed by atoms with E-state index in [0.717, 1.165) is 61.7 Å². The van der Waals surface area contributed by atoms with Crippen LogP contribution < -0.4 is 14.8 Å². The SMILES string of the molecule is CC/C(=C/SNC(Cc1ccc(OCCCCC2CCNCC2)cc1)C(=O)O)Cc1c[nH]c2ccccc12. The van der Waals surface area contributed by atoms with Crippen LogP contribution in [0.5, 0.6) is 5.75 Å². The first kappa shape index (κ1) is 28.3. The van der Waals surface area contributed by atoms with E-state index >= 15 is 0 Å². The summed E-state index contributed by atoms with van der Waals surface area (Å²) in [4.78, 5) is 15.2. The molecule has 1 atom stereocenters. The van der Waals surface area contributed by atoms with E-state index in [4.69, 9.17) is 4.74 Å². The van der Waals surface area contributed by atoms with Gasteiger partial charge in [0.05, 0.1) is 6.61 Å². The van der Waals surface area contributed by atoms with Crippen LogP contribution in [0.1, 0.15) is 56.6 Å². The predicted octanol–water partition coefficient (Wildman–Crippen LogP) is 6.49. The van der Waals surface area contributed by atoms with Crippen LogP contribution >= 0.6 is 11.9 Å². The summed E-state index contributed by atoms with van der Waals surface area (Å²) in [6, 6.07) is 15.5. The number of unbranched alkanes of at least 4 members (excludes halogenated alkanes) is 1. The van der Waals surface area contributed by atoms with Crippen molar-refractivity contribution in [1.29, 1.82) is 0 Å². The number of ether oxygens (including phenoxy) is 1. The Balaban J connectivity index is 1.20. The zero-order chi connectivity index (χ0) is 26.6. The Morgan fingerprint density at radius 2 is 1.95 bits per heavy atom. The first-order valence-electron chi connectivity index (χ1n) is 13.9. The lowest BCUT2D eigenvalue weighted by molar-refractivity contribution is -0.138. The molecule has 1 fully saturated rings. The molecule has 6 nitrogen and oxygen atoms in total. The van der Waals surface area contributed by atoms with E-state index in [9.17, 15) is 9.90 Å². The lowest BCUT2D eigenvalue weighted by Crippen LogP contribution is -2.34. The largest absolute Gasteiger partial charge is 0.494 e. The molecule has 2 aromatic carbocycles. The van der Waals surface area contributed by atoms with E-state index in [-0.39, 0.29) is 0 Å². The highest BCUT2D eigenvalue weighted by atomic mass is 32.2. The van der Waals surface area contributed by atoms with Crippen molar-refractivity contribution in [2.45, 2.75) is 64.3 Å². The summed E-state index contributed by atoms with van der Waals surface area (Å²) >= 11 is 1.37. The molecular weight excluding hydrogens is 494 g/mol. The van der Waals surface area contributed by atoms with Crippen LogP contribution in [0, 0.1) is 5.92 Å². The van der Waals surface area contributed by atoms with Crippen molar-refractivity contribution < 1.29 is 14.6 Å². The summed E-state index contributed by atoms with van der Waals surface area (Å²) in [6.07, 6.45) is 10.4. The van der Waals surface area contributed by atoms with E-state index in [1.807, 2.05) is 30.3 Å². The van der Waals surface area contributed by atoms with E-state index in [1.54, 1.807) is 0 Å². The van der Waals surface area contributed by atoms with Crippen molar-refractivity contribution in [1.82, 2.24) is 15.0 Å². The topological polar surface area (TPSA) is 86.4 Å². The summed E-state index contributed by atoms with van der Waals surface area (Å²) in [5, 5.41) is 16.5. The van der Waals surface area contributed by atoms with Gasteiger partial charge in [-0.3, -0.25) is 4.79 Å². The monoisotopic (exact) mass is 535 g/mol. The Bertz CT molecular complexity index is 1170. The van der Waals surface area contributed by atoms with Crippen molar-refractivity contribution in [3.63, 3.8) is 0 Å². The van der Waals surface area contributed by atoms with Gasteiger partial charge in [0.25, 0.3) is 0 Å². The molecular formula is C31H41N3O3S. The normalized spacial score (nSPS) is 15.6. The number of aromatic amines is 1. The van der Waals surface area contributed by atoms with Crippen molar-refractivity contribution in [2.75, 3.05) is 19.7 Å². The van der Waals surface area contributed by atoms with Gasteiger partial charge in [-0.15, -0.1) is 0 Å². The predicted molar refractivity (Wildman–Crippen MR) is 158 cm³/mol. The molecule has 0 aliphatic carbocycles. The number of allylic oxidation sites excluding steroid dienone is 1. The number of para-hydroxylation sites is 1. The number of H-pyrrole nitrogens is 1. The average Bonchev–Trinajstić information content (AvgIpc) is 3.35. The van der Waals surface area contributed by atoms with Crippen LogP contribution in [-0.2, 0) is 17.6 Å².